The second kappa shape index (κ2) is 5.10. The van der Waals surface area contributed by atoms with Gasteiger partial charge in [0.1, 0.15) is 5.41 Å². The molecule has 3 heteroatoms. The Hall–Kier alpha value is -1.12. The predicted molar refractivity (Wildman–Crippen MR) is 57.4 cm³/mol. The van der Waals surface area contributed by atoms with E-state index in [-0.39, 0.29) is 11.8 Å². The van der Waals surface area contributed by atoms with E-state index in [0.717, 1.165) is 6.42 Å². The van der Waals surface area contributed by atoms with Crippen molar-refractivity contribution in [1.82, 2.24) is 0 Å². The summed E-state index contributed by atoms with van der Waals surface area (Å²) < 4.78 is 5.00. The third kappa shape index (κ3) is 2.28. The maximum Gasteiger partial charge on any atom is 0.319 e. The van der Waals surface area contributed by atoms with Crippen molar-refractivity contribution in [3.05, 3.63) is 12.2 Å². The summed E-state index contributed by atoms with van der Waals surface area (Å²) in [7, 11) is 0. The van der Waals surface area contributed by atoms with E-state index in [4.69, 9.17) is 4.74 Å². The van der Waals surface area contributed by atoms with E-state index in [1.807, 2.05) is 19.1 Å². The summed E-state index contributed by atoms with van der Waals surface area (Å²) >= 11 is 0. The zero-order chi connectivity index (χ0) is 11.3. The Morgan fingerprint density at radius 3 is 2.80 bits per heavy atom. The fourth-order valence-corrected chi connectivity index (χ4v) is 2.03. The number of carbonyl (C=O) groups excluding carboxylic acids is 2. The average Bonchev–Trinajstić information content (AvgIpc) is 2.58. The van der Waals surface area contributed by atoms with Gasteiger partial charge < -0.3 is 4.74 Å². The molecule has 1 rings (SSSR count). The first-order chi connectivity index (χ1) is 7.17. The summed E-state index contributed by atoms with van der Waals surface area (Å²) in [5, 5.41) is 0. The van der Waals surface area contributed by atoms with Gasteiger partial charge in [0, 0.05) is 6.42 Å². The van der Waals surface area contributed by atoms with Crippen LogP contribution in [-0.2, 0) is 14.3 Å². The molecule has 0 radical (unpaired) electrons. The van der Waals surface area contributed by atoms with Gasteiger partial charge >= 0.3 is 5.97 Å². The van der Waals surface area contributed by atoms with Crippen LogP contribution < -0.4 is 0 Å². The molecule has 3 nitrogen and oxygen atoms in total. The highest BCUT2D eigenvalue weighted by molar-refractivity contribution is 6.05. The highest BCUT2D eigenvalue weighted by Gasteiger charge is 2.48. The molecule has 0 saturated heterocycles. The summed E-state index contributed by atoms with van der Waals surface area (Å²) in [5.41, 5.74) is -0.872. The molecule has 0 spiro atoms. The van der Waals surface area contributed by atoms with Gasteiger partial charge in [-0.05, 0) is 33.1 Å². The lowest BCUT2D eigenvalue weighted by atomic mass is 9.81. The number of ketones is 1. The molecule has 0 amide bonds. The van der Waals surface area contributed by atoms with E-state index >= 15 is 0 Å². The zero-order valence-electron chi connectivity index (χ0n) is 9.41. The minimum Gasteiger partial charge on any atom is -0.465 e. The van der Waals surface area contributed by atoms with Crippen LogP contribution in [-0.4, -0.2) is 18.4 Å². The molecule has 0 unspecified atom stereocenters. The molecule has 0 heterocycles. The van der Waals surface area contributed by atoms with Crippen LogP contribution in [0.15, 0.2) is 12.2 Å². The van der Waals surface area contributed by atoms with Crippen molar-refractivity contribution < 1.29 is 14.3 Å². The maximum absolute atomic E-state index is 11.8. The Balaban J connectivity index is 2.85. The Morgan fingerprint density at radius 2 is 2.33 bits per heavy atom. The molecule has 15 heavy (non-hydrogen) atoms. The average molecular weight is 210 g/mol. The van der Waals surface area contributed by atoms with Crippen molar-refractivity contribution in [2.24, 2.45) is 5.41 Å². The van der Waals surface area contributed by atoms with Gasteiger partial charge in [-0.25, -0.2) is 0 Å². The van der Waals surface area contributed by atoms with Gasteiger partial charge in [-0.2, -0.15) is 0 Å². The largest absolute Gasteiger partial charge is 0.465 e. The molecule has 1 aliphatic rings. The lowest BCUT2D eigenvalue weighted by Crippen LogP contribution is -2.36. The van der Waals surface area contributed by atoms with Crippen LogP contribution in [0.5, 0.6) is 0 Å². The molecule has 0 aliphatic heterocycles. The fourth-order valence-electron chi connectivity index (χ4n) is 2.03. The summed E-state index contributed by atoms with van der Waals surface area (Å²) in [6, 6.07) is 0. The molecule has 0 aromatic heterocycles. The third-order valence-electron chi connectivity index (χ3n) is 2.91. The molecule has 0 bridgehead atoms. The molecule has 0 aromatic carbocycles. The summed E-state index contributed by atoms with van der Waals surface area (Å²) in [6.45, 7) is 3.99. The SMILES string of the molecule is C/C=C/C[C@]1(C(=O)OCC)CCCC1=O. The Bertz CT molecular complexity index is 281. The van der Waals surface area contributed by atoms with Crippen LogP contribution in [0.4, 0.5) is 0 Å². The quantitative estimate of drug-likeness (QED) is 0.406. The molecular formula is C12H18O3. The van der Waals surface area contributed by atoms with Crippen LogP contribution in [0.3, 0.4) is 0 Å². The van der Waals surface area contributed by atoms with Gasteiger partial charge in [0.05, 0.1) is 6.61 Å². The predicted octanol–water partition coefficient (Wildman–Crippen LogP) is 2.26. The van der Waals surface area contributed by atoms with Gasteiger partial charge in [0.15, 0.2) is 5.78 Å². The van der Waals surface area contributed by atoms with Gasteiger partial charge in [0.25, 0.3) is 0 Å². The summed E-state index contributed by atoms with van der Waals surface area (Å²) in [6.07, 6.45) is 6.18. The van der Waals surface area contributed by atoms with Gasteiger partial charge in [-0.3, -0.25) is 9.59 Å². The lowest BCUT2D eigenvalue weighted by Gasteiger charge is -2.23. The minimum atomic E-state index is -0.872. The standard InChI is InChI=1S/C12H18O3/c1-3-5-8-12(11(14)15-4-2)9-6-7-10(12)13/h3,5H,4,6-9H2,1-2H3/b5-3+/t12-/m0/s1. The van der Waals surface area contributed by atoms with E-state index in [0.29, 0.717) is 25.9 Å². The fraction of sp³-hybridized carbons (Fsp3) is 0.667. The minimum absolute atomic E-state index is 0.0408. The Kier molecular flexibility index (Phi) is 4.06. The first kappa shape index (κ1) is 12.0. The number of Topliss-reactive ketones (excluding diaryl/α,β-unsaturated/α-hetero) is 1. The number of hydrogen-bond donors (Lipinski definition) is 0. The monoisotopic (exact) mass is 210 g/mol. The van der Waals surface area contributed by atoms with Crippen molar-refractivity contribution >= 4 is 11.8 Å². The van der Waals surface area contributed by atoms with E-state index in [1.165, 1.54) is 0 Å². The van der Waals surface area contributed by atoms with Crippen LogP contribution in [0.2, 0.25) is 0 Å². The van der Waals surface area contributed by atoms with Crippen molar-refractivity contribution in [3.8, 4) is 0 Å². The molecule has 1 fully saturated rings. The molecule has 84 valence electrons. The molecule has 1 saturated carbocycles. The van der Waals surface area contributed by atoms with E-state index in [1.54, 1.807) is 6.92 Å². The lowest BCUT2D eigenvalue weighted by molar-refractivity contribution is -0.158. The number of esters is 1. The van der Waals surface area contributed by atoms with Crippen molar-refractivity contribution in [3.63, 3.8) is 0 Å². The first-order valence-electron chi connectivity index (χ1n) is 5.49. The summed E-state index contributed by atoms with van der Waals surface area (Å²) in [5.74, 6) is -0.301. The second-order valence-corrected chi connectivity index (χ2v) is 3.85. The molecule has 0 aromatic rings. The van der Waals surface area contributed by atoms with Crippen LogP contribution in [0, 0.1) is 5.41 Å². The molecule has 1 atom stereocenters. The van der Waals surface area contributed by atoms with Crippen LogP contribution in [0.25, 0.3) is 0 Å². The van der Waals surface area contributed by atoms with Crippen LogP contribution >= 0.6 is 0 Å². The third-order valence-corrected chi connectivity index (χ3v) is 2.91. The van der Waals surface area contributed by atoms with Crippen LogP contribution in [0.1, 0.15) is 39.5 Å². The van der Waals surface area contributed by atoms with E-state index in [9.17, 15) is 9.59 Å². The van der Waals surface area contributed by atoms with Crippen molar-refractivity contribution in [2.75, 3.05) is 6.61 Å². The molecule has 1 aliphatic carbocycles. The zero-order valence-corrected chi connectivity index (χ0v) is 9.41. The highest BCUT2D eigenvalue weighted by atomic mass is 16.5. The second-order valence-electron chi connectivity index (χ2n) is 3.85. The van der Waals surface area contributed by atoms with Gasteiger partial charge in [0.2, 0.25) is 0 Å². The summed E-state index contributed by atoms with van der Waals surface area (Å²) in [4.78, 5) is 23.6. The highest BCUT2D eigenvalue weighted by Crippen LogP contribution is 2.39. The van der Waals surface area contributed by atoms with E-state index in [2.05, 4.69) is 0 Å². The molecule has 0 N–H and O–H groups in total. The van der Waals surface area contributed by atoms with Crippen molar-refractivity contribution in [2.45, 2.75) is 39.5 Å². The van der Waals surface area contributed by atoms with Crippen molar-refractivity contribution in [1.29, 1.82) is 0 Å². The Morgan fingerprint density at radius 1 is 1.60 bits per heavy atom. The number of rotatable bonds is 4. The molecular weight excluding hydrogens is 192 g/mol. The number of allylic oxidation sites excluding steroid dienone is 2. The number of carbonyl (C=O) groups is 2. The maximum atomic E-state index is 11.8. The van der Waals surface area contributed by atoms with Gasteiger partial charge in [-0.15, -0.1) is 0 Å². The van der Waals surface area contributed by atoms with E-state index < -0.39 is 5.41 Å². The normalized spacial score (nSPS) is 26.1. The Labute approximate surface area is 90.5 Å². The topological polar surface area (TPSA) is 43.4 Å². The van der Waals surface area contributed by atoms with Gasteiger partial charge in [-0.1, -0.05) is 12.2 Å². The number of hydrogen-bond acceptors (Lipinski definition) is 3. The number of ether oxygens (including phenoxy) is 1. The first-order valence-corrected chi connectivity index (χ1v) is 5.49. The smallest absolute Gasteiger partial charge is 0.319 e.